The van der Waals surface area contributed by atoms with Gasteiger partial charge in [0.2, 0.25) is 0 Å². The van der Waals surface area contributed by atoms with Crippen LogP contribution >= 0.6 is 11.6 Å². The Morgan fingerprint density at radius 2 is 1.57 bits per heavy atom. The van der Waals surface area contributed by atoms with Gasteiger partial charge in [-0.3, -0.25) is 9.59 Å². The molecule has 0 aliphatic rings. The highest BCUT2D eigenvalue weighted by Crippen LogP contribution is 2.16. The van der Waals surface area contributed by atoms with Gasteiger partial charge in [-0.1, -0.05) is 41.9 Å². The van der Waals surface area contributed by atoms with E-state index >= 15 is 0 Å². The molecule has 3 rings (SSSR count). The number of carbonyl (C=O) groups is 2. The molecule has 0 bridgehead atoms. The van der Waals surface area contributed by atoms with Crippen molar-refractivity contribution in [1.29, 1.82) is 0 Å². The van der Waals surface area contributed by atoms with Gasteiger partial charge in [0.15, 0.2) is 0 Å². The van der Waals surface area contributed by atoms with Gasteiger partial charge in [-0.2, -0.15) is 0 Å². The monoisotopic (exact) mass is 426 g/mol. The molecule has 0 aromatic heterocycles. The van der Waals surface area contributed by atoms with E-state index in [1.807, 2.05) is 0 Å². The van der Waals surface area contributed by atoms with Crippen LogP contribution in [0.2, 0.25) is 5.02 Å². The molecule has 0 saturated heterocycles. The third kappa shape index (κ3) is 6.06. The molecule has 0 radical (unpaired) electrons. The van der Waals surface area contributed by atoms with Crippen LogP contribution < -0.4 is 15.4 Å². The first kappa shape index (κ1) is 21.3. The molecule has 0 heterocycles. The number of carbonyl (C=O) groups excluding carboxylic acids is 2. The number of ether oxygens (including phenoxy) is 1. The van der Waals surface area contributed by atoms with Crippen molar-refractivity contribution in [3.05, 3.63) is 100 Å². The van der Waals surface area contributed by atoms with Crippen LogP contribution in [0.25, 0.3) is 0 Å². The number of amides is 2. The standard InChI is InChI=1S/C23H20ClFN2O3/c24-21-7-2-1-6-20(21)23(29)27-13-12-26-22(28)17-4-3-5-19(14-17)30-15-16-8-10-18(25)11-9-16/h1-11,14H,12-13,15H2,(H,26,28)(H,27,29). The molecule has 3 aromatic rings. The molecule has 5 nitrogen and oxygen atoms in total. The summed E-state index contributed by atoms with van der Waals surface area (Å²) < 4.78 is 18.6. The third-order valence-corrected chi connectivity index (χ3v) is 4.56. The molecule has 0 unspecified atom stereocenters. The van der Waals surface area contributed by atoms with Crippen molar-refractivity contribution >= 4 is 23.4 Å². The summed E-state index contributed by atoms with van der Waals surface area (Å²) in [4.78, 5) is 24.4. The number of hydrogen-bond donors (Lipinski definition) is 2. The maximum absolute atomic E-state index is 13.0. The Labute approximate surface area is 178 Å². The topological polar surface area (TPSA) is 67.4 Å². The van der Waals surface area contributed by atoms with Gasteiger partial charge in [0.1, 0.15) is 18.2 Å². The fourth-order valence-electron chi connectivity index (χ4n) is 2.67. The Balaban J connectivity index is 1.46. The summed E-state index contributed by atoms with van der Waals surface area (Å²) in [6, 6.07) is 19.5. The van der Waals surface area contributed by atoms with Crippen molar-refractivity contribution in [3.63, 3.8) is 0 Å². The van der Waals surface area contributed by atoms with E-state index in [0.717, 1.165) is 5.56 Å². The second-order valence-electron chi connectivity index (χ2n) is 6.43. The van der Waals surface area contributed by atoms with Crippen LogP contribution in [0.5, 0.6) is 5.75 Å². The summed E-state index contributed by atoms with van der Waals surface area (Å²) in [5.74, 6) is -0.361. The Morgan fingerprint density at radius 3 is 2.30 bits per heavy atom. The zero-order valence-corrected chi connectivity index (χ0v) is 16.8. The highest BCUT2D eigenvalue weighted by atomic mass is 35.5. The van der Waals surface area contributed by atoms with Crippen LogP contribution in [0.4, 0.5) is 4.39 Å². The van der Waals surface area contributed by atoms with E-state index in [1.165, 1.54) is 12.1 Å². The summed E-state index contributed by atoms with van der Waals surface area (Å²) in [5, 5.41) is 5.83. The Morgan fingerprint density at radius 1 is 0.867 bits per heavy atom. The number of benzene rings is 3. The van der Waals surface area contributed by atoms with Crippen molar-refractivity contribution in [2.24, 2.45) is 0 Å². The second-order valence-corrected chi connectivity index (χ2v) is 6.84. The van der Waals surface area contributed by atoms with E-state index in [1.54, 1.807) is 60.7 Å². The van der Waals surface area contributed by atoms with Crippen LogP contribution in [-0.2, 0) is 6.61 Å². The lowest BCUT2D eigenvalue weighted by atomic mass is 10.2. The first-order valence-corrected chi connectivity index (χ1v) is 9.69. The summed E-state index contributed by atoms with van der Waals surface area (Å²) in [7, 11) is 0. The largest absolute Gasteiger partial charge is 0.489 e. The molecular weight excluding hydrogens is 407 g/mol. The maximum Gasteiger partial charge on any atom is 0.252 e. The van der Waals surface area contributed by atoms with Crippen LogP contribution in [0.15, 0.2) is 72.8 Å². The van der Waals surface area contributed by atoms with Gasteiger partial charge in [-0.25, -0.2) is 4.39 Å². The van der Waals surface area contributed by atoms with Crippen LogP contribution in [0.3, 0.4) is 0 Å². The van der Waals surface area contributed by atoms with Crippen molar-refractivity contribution in [3.8, 4) is 5.75 Å². The predicted molar refractivity (Wildman–Crippen MR) is 113 cm³/mol. The van der Waals surface area contributed by atoms with E-state index in [2.05, 4.69) is 10.6 Å². The second kappa shape index (κ2) is 10.4. The van der Waals surface area contributed by atoms with Gasteiger partial charge in [0.25, 0.3) is 11.8 Å². The maximum atomic E-state index is 13.0. The molecule has 0 fully saturated rings. The minimum absolute atomic E-state index is 0.260. The molecular formula is C23H20ClFN2O3. The van der Waals surface area contributed by atoms with Crippen LogP contribution in [0.1, 0.15) is 26.3 Å². The highest BCUT2D eigenvalue weighted by Gasteiger charge is 2.10. The van der Waals surface area contributed by atoms with Crippen molar-refractivity contribution in [2.75, 3.05) is 13.1 Å². The number of hydrogen-bond acceptors (Lipinski definition) is 3. The van der Waals surface area contributed by atoms with Crippen molar-refractivity contribution in [1.82, 2.24) is 10.6 Å². The van der Waals surface area contributed by atoms with Gasteiger partial charge in [0.05, 0.1) is 10.6 Å². The zero-order chi connectivity index (χ0) is 21.3. The summed E-state index contributed by atoms with van der Waals surface area (Å²) in [5.41, 5.74) is 1.64. The number of halogens is 2. The molecule has 2 N–H and O–H groups in total. The van der Waals surface area contributed by atoms with Gasteiger partial charge in [-0.15, -0.1) is 0 Å². The quantitative estimate of drug-likeness (QED) is 0.530. The van der Waals surface area contributed by atoms with E-state index < -0.39 is 0 Å². The molecule has 0 saturated carbocycles. The Kier molecular flexibility index (Phi) is 7.40. The SMILES string of the molecule is O=C(NCCNC(=O)c1ccccc1Cl)c1cccc(OCc2ccc(F)cc2)c1. The molecule has 0 aliphatic heterocycles. The molecule has 7 heteroatoms. The first-order chi connectivity index (χ1) is 14.5. The third-order valence-electron chi connectivity index (χ3n) is 4.23. The minimum atomic E-state index is -0.305. The first-order valence-electron chi connectivity index (χ1n) is 9.31. The lowest BCUT2D eigenvalue weighted by Gasteiger charge is -2.10. The van der Waals surface area contributed by atoms with Crippen LogP contribution in [0, 0.1) is 5.82 Å². The van der Waals surface area contributed by atoms with Gasteiger partial charge >= 0.3 is 0 Å². The van der Waals surface area contributed by atoms with E-state index in [-0.39, 0.29) is 37.3 Å². The highest BCUT2D eigenvalue weighted by molar-refractivity contribution is 6.33. The van der Waals surface area contributed by atoms with Gasteiger partial charge in [-0.05, 0) is 48.0 Å². The van der Waals surface area contributed by atoms with Crippen molar-refractivity contribution in [2.45, 2.75) is 6.61 Å². The van der Waals surface area contributed by atoms with Gasteiger partial charge < -0.3 is 15.4 Å². The molecule has 154 valence electrons. The van der Waals surface area contributed by atoms with Crippen molar-refractivity contribution < 1.29 is 18.7 Å². The number of nitrogens with one attached hydrogen (secondary N) is 2. The molecule has 2 amide bonds. The van der Waals surface area contributed by atoms with Crippen LogP contribution in [-0.4, -0.2) is 24.9 Å². The molecule has 0 spiro atoms. The lowest BCUT2D eigenvalue weighted by molar-refractivity contribution is 0.0927. The summed E-state index contributed by atoms with van der Waals surface area (Å²) in [6.07, 6.45) is 0. The zero-order valence-electron chi connectivity index (χ0n) is 16.0. The molecule has 0 atom stereocenters. The smallest absolute Gasteiger partial charge is 0.252 e. The summed E-state index contributed by atoms with van der Waals surface area (Å²) in [6.45, 7) is 0.783. The average molecular weight is 427 g/mol. The van der Waals surface area contributed by atoms with E-state index in [0.29, 0.717) is 21.9 Å². The Hall–Kier alpha value is -3.38. The molecule has 30 heavy (non-hydrogen) atoms. The lowest BCUT2D eigenvalue weighted by Crippen LogP contribution is -2.34. The van der Waals surface area contributed by atoms with E-state index in [9.17, 15) is 14.0 Å². The minimum Gasteiger partial charge on any atom is -0.489 e. The Bertz CT molecular complexity index is 1020. The summed E-state index contributed by atoms with van der Waals surface area (Å²) >= 11 is 5.99. The molecule has 3 aromatic carbocycles. The number of rotatable bonds is 8. The van der Waals surface area contributed by atoms with E-state index in [4.69, 9.17) is 16.3 Å². The van der Waals surface area contributed by atoms with Gasteiger partial charge in [0, 0.05) is 18.7 Å². The molecule has 0 aliphatic carbocycles. The normalized spacial score (nSPS) is 10.3. The fraction of sp³-hybridized carbons (Fsp3) is 0.130. The predicted octanol–water partition coefficient (Wildman–Crippen LogP) is 4.22. The fourth-order valence-corrected chi connectivity index (χ4v) is 2.89. The average Bonchev–Trinajstić information content (AvgIpc) is 2.76.